The molecule has 2 rings (SSSR count). The van der Waals surface area contributed by atoms with Crippen LogP contribution in [-0.2, 0) is 16.1 Å². The van der Waals surface area contributed by atoms with Gasteiger partial charge in [-0.25, -0.2) is 4.98 Å². The zero-order valence-corrected chi connectivity index (χ0v) is 15.8. The SMILES string of the molecule is Cl.Cl.N[C@H](CC1CCCCC1)C(O)C(=O)NC(=O)CCn1ccnc1. The van der Waals surface area contributed by atoms with Crippen molar-refractivity contribution >= 4 is 36.6 Å². The molecule has 1 aliphatic rings. The molecule has 0 radical (unpaired) electrons. The molecule has 0 saturated heterocycles. The van der Waals surface area contributed by atoms with Crippen molar-refractivity contribution in [2.75, 3.05) is 0 Å². The molecule has 0 spiro atoms. The van der Waals surface area contributed by atoms with Gasteiger partial charge in [-0.2, -0.15) is 0 Å². The topological polar surface area (TPSA) is 110 Å². The van der Waals surface area contributed by atoms with Crippen LogP contribution in [0.2, 0.25) is 0 Å². The van der Waals surface area contributed by atoms with Crippen LogP contribution in [0.3, 0.4) is 0 Å². The molecule has 25 heavy (non-hydrogen) atoms. The number of aliphatic hydroxyl groups is 1. The Morgan fingerprint density at radius 3 is 2.56 bits per heavy atom. The highest BCUT2D eigenvalue weighted by atomic mass is 35.5. The van der Waals surface area contributed by atoms with Crippen molar-refractivity contribution in [1.29, 1.82) is 0 Å². The van der Waals surface area contributed by atoms with Gasteiger partial charge in [-0.05, 0) is 12.3 Å². The molecule has 2 atom stereocenters. The lowest BCUT2D eigenvalue weighted by Gasteiger charge is -2.26. The quantitative estimate of drug-likeness (QED) is 0.647. The maximum Gasteiger partial charge on any atom is 0.257 e. The van der Waals surface area contributed by atoms with E-state index in [2.05, 4.69) is 10.3 Å². The monoisotopic (exact) mass is 394 g/mol. The average Bonchev–Trinajstić information content (AvgIpc) is 3.06. The molecular weight excluding hydrogens is 367 g/mol. The molecule has 0 bridgehead atoms. The van der Waals surface area contributed by atoms with Crippen molar-refractivity contribution in [1.82, 2.24) is 14.9 Å². The van der Waals surface area contributed by atoms with E-state index in [1.807, 2.05) is 0 Å². The summed E-state index contributed by atoms with van der Waals surface area (Å²) in [6.07, 6.45) is 10.2. The van der Waals surface area contributed by atoms with Crippen molar-refractivity contribution in [3.8, 4) is 0 Å². The fourth-order valence-electron chi connectivity index (χ4n) is 3.05. The molecule has 1 aromatic rings. The third kappa shape index (κ3) is 8.18. The summed E-state index contributed by atoms with van der Waals surface area (Å²) in [7, 11) is 0. The Morgan fingerprint density at radius 1 is 1.28 bits per heavy atom. The molecule has 1 aliphatic carbocycles. The Labute approximate surface area is 160 Å². The Hall–Kier alpha value is -1.15. The number of amides is 2. The van der Waals surface area contributed by atoms with Crippen molar-refractivity contribution in [3.63, 3.8) is 0 Å². The standard InChI is InChI=1S/C16H26N4O3.2ClH/c17-13(10-12-4-2-1-3-5-12)15(22)16(23)19-14(21)6-8-20-9-7-18-11-20;;/h7,9,11-13,15,22H,1-6,8,10,17H2,(H,19,21,23);2*1H/t13-,15?;;/m1../s1. The summed E-state index contributed by atoms with van der Waals surface area (Å²) in [5.74, 6) is -0.658. The van der Waals surface area contributed by atoms with E-state index in [9.17, 15) is 14.7 Å². The van der Waals surface area contributed by atoms with E-state index < -0.39 is 24.0 Å². The van der Waals surface area contributed by atoms with Crippen LogP contribution in [0, 0.1) is 5.92 Å². The minimum atomic E-state index is -1.34. The molecule has 1 saturated carbocycles. The largest absolute Gasteiger partial charge is 0.382 e. The summed E-state index contributed by atoms with van der Waals surface area (Å²) in [5.41, 5.74) is 5.94. The predicted octanol–water partition coefficient (Wildman–Crippen LogP) is 1.42. The van der Waals surface area contributed by atoms with Crippen LogP contribution in [0.25, 0.3) is 0 Å². The second-order valence-corrected chi connectivity index (χ2v) is 6.31. The Bertz CT molecular complexity index is 507. The van der Waals surface area contributed by atoms with Crippen LogP contribution in [0.5, 0.6) is 0 Å². The number of nitrogens with one attached hydrogen (secondary N) is 1. The molecule has 2 amide bonds. The van der Waals surface area contributed by atoms with Crippen molar-refractivity contribution < 1.29 is 14.7 Å². The number of carbonyl (C=O) groups is 2. The van der Waals surface area contributed by atoms with Crippen LogP contribution in [0.1, 0.15) is 44.9 Å². The van der Waals surface area contributed by atoms with Crippen LogP contribution < -0.4 is 11.1 Å². The van der Waals surface area contributed by atoms with E-state index in [0.717, 1.165) is 12.8 Å². The summed E-state index contributed by atoms with van der Waals surface area (Å²) in [4.78, 5) is 27.5. The molecule has 0 aliphatic heterocycles. The molecule has 144 valence electrons. The highest BCUT2D eigenvalue weighted by molar-refractivity contribution is 5.97. The maximum absolute atomic E-state index is 11.9. The second kappa shape index (κ2) is 12.2. The van der Waals surface area contributed by atoms with Crippen molar-refractivity contribution in [3.05, 3.63) is 18.7 Å². The zero-order chi connectivity index (χ0) is 16.7. The number of hydrogen-bond acceptors (Lipinski definition) is 5. The van der Waals surface area contributed by atoms with Gasteiger partial charge in [0.05, 0.1) is 6.33 Å². The minimum Gasteiger partial charge on any atom is -0.382 e. The minimum absolute atomic E-state index is 0. The number of hydrogen-bond donors (Lipinski definition) is 3. The number of carbonyl (C=O) groups excluding carboxylic acids is 2. The highest BCUT2D eigenvalue weighted by Crippen LogP contribution is 2.27. The number of rotatable bonds is 7. The van der Waals surface area contributed by atoms with Gasteiger partial charge in [-0.15, -0.1) is 24.8 Å². The van der Waals surface area contributed by atoms with Crippen LogP contribution in [-0.4, -0.2) is 38.6 Å². The average molecular weight is 395 g/mol. The van der Waals surface area contributed by atoms with Crippen LogP contribution in [0.4, 0.5) is 0 Å². The fraction of sp³-hybridized carbons (Fsp3) is 0.688. The lowest BCUT2D eigenvalue weighted by molar-refractivity contribution is -0.136. The number of nitrogens with two attached hydrogens (primary N) is 1. The molecule has 0 aromatic carbocycles. The molecule has 1 unspecified atom stereocenters. The van der Waals surface area contributed by atoms with Gasteiger partial charge in [-0.1, -0.05) is 32.1 Å². The molecular formula is C16H28Cl2N4O3. The Balaban J connectivity index is 0.00000288. The van der Waals surface area contributed by atoms with Gasteiger partial charge in [0.25, 0.3) is 5.91 Å². The van der Waals surface area contributed by atoms with E-state index in [4.69, 9.17) is 5.73 Å². The van der Waals surface area contributed by atoms with E-state index >= 15 is 0 Å². The van der Waals surface area contributed by atoms with Gasteiger partial charge in [0.1, 0.15) is 6.10 Å². The van der Waals surface area contributed by atoms with E-state index in [0.29, 0.717) is 18.9 Å². The van der Waals surface area contributed by atoms with Gasteiger partial charge in [0.15, 0.2) is 0 Å². The van der Waals surface area contributed by atoms with E-state index in [1.165, 1.54) is 19.3 Å². The van der Waals surface area contributed by atoms with Gasteiger partial charge < -0.3 is 15.4 Å². The number of halogens is 2. The lowest BCUT2D eigenvalue weighted by Crippen LogP contribution is -2.48. The van der Waals surface area contributed by atoms with Crippen LogP contribution in [0.15, 0.2) is 18.7 Å². The fourth-order valence-corrected chi connectivity index (χ4v) is 3.05. The first-order valence-electron chi connectivity index (χ1n) is 8.29. The summed E-state index contributed by atoms with van der Waals surface area (Å²) >= 11 is 0. The number of imide groups is 1. The first kappa shape index (κ1) is 23.9. The first-order chi connectivity index (χ1) is 11.1. The maximum atomic E-state index is 11.9. The summed E-state index contributed by atoms with van der Waals surface area (Å²) in [6.45, 7) is 0.434. The van der Waals surface area contributed by atoms with E-state index in [-0.39, 0.29) is 31.2 Å². The third-order valence-corrected chi connectivity index (χ3v) is 4.42. The van der Waals surface area contributed by atoms with Crippen molar-refractivity contribution in [2.45, 2.75) is 63.6 Å². The van der Waals surface area contributed by atoms with Gasteiger partial charge in [0.2, 0.25) is 5.91 Å². The number of aliphatic hydroxyl groups excluding tert-OH is 1. The molecule has 4 N–H and O–H groups in total. The normalized spacial score (nSPS) is 16.9. The number of aromatic nitrogens is 2. The Morgan fingerprint density at radius 2 is 1.96 bits per heavy atom. The third-order valence-electron chi connectivity index (χ3n) is 4.42. The summed E-state index contributed by atoms with van der Waals surface area (Å²) < 4.78 is 1.75. The molecule has 9 heteroatoms. The molecule has 1 fully saturated rings. The summed E-state index contributed by atoms with van der Waals surface area (Å²) in [6, 6.07) is -0.625. The smallest absolute Gasteiger partial charge is 0.257 e. The lowest BCUT2D eigenvalue weighted by atomic mass is 9.84. The number of aryl methyl sites for hydroxylation is 1. The van der Waals surface area contributed by atoms with Crippen LogP contribution >= 0.6 is 24.8 Å². The number of imidazole rings is 1. The Kier molecular flexibility index (Phi) is 11.7. The highest BCUT2D eigenvalue weighted by Gasteiger charge is 2.27. The summed E-state index contributed by atoms with van der Waals surface area (Å²) in [5, 5.41) is 12.2. The van der Waals surface area contributed by atoms with Crippen molar-refractivity contribution in [2.24, 2.45) is 11.7 Å². The zero-order valence-electron chi connectivity index (χ0n) is 14.2. The number of nitrogens with zero attached hydrogens (tertiary/aromatic N) is 2. The second-order valence-electron chi connectivity index (χ2n) is 6.31. The molecule has 7 nitrogen and oxygen atoms in total. The molecule has 1 aromatic heterocycles. The van der Waals surface area contributed by atoms with E-state index in [1.54, 1.807) is 23.3 Å². The van der Waals surface area contributed by atoms with Gasteiger partial charge >= 0.3 is 0 Å². The van der Waals surface area contributed by atoms with Gasteiger partial charge in [0, 0.05) is 31.4 Å². The molecule has 1 heterocycles. The predicted molar refractivity (Wildman–Crippen MR) is 99.7 cm³/mol. The first-order valence-corrected chi connectivity index (χ1v) is 8.29. The van der Waals surface area contributed by atoms with Gasteiger partial charge in [-0.3, -0.25) is 14.9 Å².